The second-order valence-electron chi connectivity index (χ2n) is 8.76. The molecule has 2 heterocycles. The van der Waals surface area contributed by atoms with Crippen LogP contribution in [0.3, 0.4) is 0 Å². The van der Waals surface area contributed by atoms with Crippen molar-refractivity contribution in [1.82, 2.24) is 20.6 Å². The summed E-state index contributed by atoms with van der Waals surface area (Å²) in [5, 5.41) is 3.96. The highest BCUT2D eigenvalue weighted by atomic mass is 32.2. The Morgan fingerprint density at radius 2 is 1.90 bits per heavy atom. The van der Waals surface area contributed by atoms with Crippen molar-refractivity contribution in [2.75, 3.05) is 7.11 Å². The predicted molar refractivity (Wildman–Crippen MR) is 139 cm³/mol. The molecule has 3 unspecified atom stereocenters. The van der Waals surface area contributed by atoms with Crippen LogP contribution in [0.4, 0.5) is 9.18 Å². The van der Waals surface area contributed by atoms with Crippen molar-refractivity contribution in [1.29, 1.82) is 0 Å². The smallest absolute Gasteiger partial charge is 0.328 e. The number of benzene rings is 2. The number of imidazole rings is 1. The van der Waals surface area contributed by atoms with Gasteiger partial charge in [-0.15, -0.1) is 0 Å². The first-order valence-electron chi connectivity index (χ1n) is 11.9. The van der Waals surface area contributed by atoms with Crippen molar-refractivity contribution in [3.63, 3.8) is 0 Å². The Bertz CT molecular complexity index is 1350. The van der Waals surface area contributed by atoms with E-state index in [4.69, 9.17) is 15.2 Å². The zero-order chi connectivity index (χ0) is 27.9. The molecule has 0 spiro atoms. The number of amides is 3. The molecule has 0 aliphatic carbocycles. The van der Waals surface area contributed by atoms with Gasteiger partial charge in [0.05, 0.1) is 30.4 Å². The van der Waals surface area contributed by atoms with E-state index in [0.29, 0.717) is 23.4 Å². The van der Waals surface area contributed by atoms with Gasteiger partial charge in [0.1, 0.15) is 11.8 Å². The maximum Gasteiger partial charge on any atom is 0.328 e. The molecular weight excluding hydrogens is 529 g/mol. The standard InChI is InChI=1S/C26H26FN5O6S/c1-37-25(35)20(31-23(33)19(28)11-16-12-29-13-30-16)9-15-4-7-21(18(27)8-15)38-17-5-2-14(3-6-17)10-22-24(34)32-26(36)39-22/h2-8,12-13,19-20,22H,9-11,28H2,1H3,(H,29,30)(H,31,33)(H,32,34,36). The van der Waals surface area contributed by atoms with E-state index in [2.05, 4.69) is 20.6 Å². The quantitative estimate of drug-likeness (QED) is 0.259. The molecule has 2 aromatic carbocycles. The Morgan fingerprint density at radius 3 is 2.51 bits per heavy atom. The highest BCUT2D eigenvalue weighted by molar-refractivity contribution is 8.15. The molecule has 13 heteroatoms. The third-order valence-corrected chi connectivity index (χ3v) is 6.88. The lowest BCUT2D eigenvalue weighted by atomic mass is 10.0. The summed E-state index contributed by atoms with van der Waals surface area (Å²) in [5.74, 6) is -1.93. The zero-order valence-electron chi connectivity index (χ0n) is 20.8. The molecule has 39 heavy (non-hydrogen) atoms. The molecule has 3 aromatic rings. The van der Waals surface area contributed by atoms with Gasteiger partial charge in [0.15, 0.2) is 11.6 Å². The molecule has 1 saturated heterocycles. The average Bonchev–Trinajstić information content (AvgIpc) is 3.54. The van der Waals surface area contributed by atoms with Gasteiger partial charge in [-0.25, -0.2) is 14.2 Å². The fraction of sp³-hybridized carbons (Fsp3) is 0.269. The molecule has 1 aliphatic heterocycles. The van der Waals surface area contributed by atoms with Crippen LogP contribution in [0, 0.1) is 5.82 Å². The summed E-state index contributed by atoms with van der Waals surface area (Å²) in [6.07, 6.45) is 3.59. The van der Waals surface area contributed by atoms with Gasteiger partial charge < -0.3 is 25.5 Å². The third kappa shape index (κ3) is 7.42. The number of nitrogens with one attached hydrogen (secondary N) is 3. The fourth-order valence-electron chi connectivity index (χ4n) is 3.89. The van der Waals surface area contributed by atoms with E-state index < -0.39 is 35.0 Å². The van der Waals surface area contributed by atoms with Gasteiger partial charge >= 0.3 is 5.97 Å². The van der Waals surface area contributed by atoms with Gasteiger partial charge in [0.2, 0.25) is 11.8 Å². The average molecular weight is 556 g/mol. The second-order valence-corrected chi connectivity index (χ2v) is 9.93. The maximum atomic E-state index is 14.9. The molecule has 4 rings (SSSR count). The molecule has 1 aliphatic rings. The molecule has 0 saturated carbocycles. The monoisotopic (exact) mass is 555 g/mol. The van der Waals surface area contributed by atoms with Gasteiger partial charge in [0, 0.05) is 19.0 Å². The van der Waals surface area contributed by atoms with E-state index in [-0.39, 0.29) is 29.7 Å². The predicted octanol–water partition coefficient (Wildman–Crippen LogP) is 2.01. The summed E-state index contributed by atoms with van der Waals surface area (Å²) >= 11 is 0.948. The summed E-state index contributed by atoms with van der Waals surface area (Å²) in [5.41, 5.74) is 7.78. The number of aromatic nitrogens is 2. The largest absolute Gasteiger partial charge is 0.467 e. The van der Waals surface area contributed by atoms with Crippen molar-refractivity contribution < 1.29 is 33.0 Å². The van der Waals surface area contributed by atoms with Crippen LogP contribution in [-0.4, -0.2) is 57.4 Å². The molecule has 0 radical (unpaired) electrons. The lowest BCUT2D eigenvalue weighted by molar-refractivity contribution is -0.145. The molecule has 1 aromatic heterocycles. The first kappa shape index (κ1) is 27.8. The highest BCUT2D eigenvalue weighted by Crippen LogP contribution is 2.28. The van der Waals surface area contributed by atoms with Crippen molar-refractivity contribution in [3.8, 4) is 11.5 Å². The third-order valence-electron chi connectivity index (χ3n) is 5.90. The van der Waals surface area contributed by atoms with Gasteiger partial charge in [0.25, 0.3) is 5.24 Å². The summed E-state index contributed by atoms with van der Waals surface area (Å²) in [4.78, 5) is 54.7. The number of nitrogens with two attached hydrogens (primary N) is 1. The van der Waals surface area contributed by atoms with E-state index in [1.165, 1.54) is 25.6 Å². The number of rotatable bonds is 11. The van der Waals surface area contributed by atoms with Gasteiger partial charge in [-0.2, -0.15) is 0 Å². The first-order chi connectivity index (χ1) is 18.7. The molecule has 5 N–H and O–H groups in total. The van der Waals surface area contributed by atoms with Crippen LogP contribution >= 0.6 is 11.8 Å². The van der Waals surface area contributed by atoms with Crippen LogP contribution in [0.1, 0.15) is 16.8 Å². The van der Waals surface area contributed by atoms with Crippen molar-refractivity contribution in [3.05, 3.63) is 77.6 Å². The number of ether oxygens (including phenoxy) is 2. The molecular formula is C26H26FN5O6S. The number of aromatic amines is 1. The van der Waals surface area contributed by atoms with Gasteiger partial charge in [-0.3, -0.25) is 19.7 Å². The highest BCUT2D eigenvalue weighted by Gasteiger charge is 2.31. The van der Waals surface area contributed by atoms with E-state index in [1.54, 1.807) is 36.5 Å². The number of methoxy groups -OCH3 is 1. The number of halogens is 1. The molecule has 0 bridgehead atoms. The van der Waals surface area contributed by atoms with Crippen molar-refractivity contribution in [2.24, 2.45) is 5.73 Å². The maximum absolute atomic E-state index is 14.9. The summed E-state index contributed by atoms with van der Waals surface area (Å²) < 4.78 is 25.3. The Balaban J connectivity index is 1.36. The van der Waals surface area contributed by atoms with E-state index in [1.807, 2.05) is 0 Å². The summed E-state index contributed by atoms with van der Waals surface area (Å²) in [6, 6.07) is 8.92. The number of carbonyl (C=O) groups excluding carboxylic acids is 4. The number of esters is 1. The van der Waals surface area contributed by atoms with Gasteiger partial charge in [-0.05, 0) is 41.8 Å². The molecule has 3 amide bonds. The number of H-pyrrole nitrogens is 1. The number of imide groups is 1. The van der Waals surface area contributed by atoms with Crippen molar-refractivity contribution >= 4 is 34.8 Å². The summed E-state index contributed by atoms with van der Waals surface area (Å²) in [7, 11) is 1.19. The number of hydrogen-bond donors (Lipinski definition) is 4. The summed E-state index contributed by atoms with van der Waals surface area (Å²) in [6.45, 7) is 0. The number of nitrogens with zero attached hydrogens (tertiary/aromatic N) is 1. The minimum absolute atomic E-state index is 0.0330. The zero-order valence-corrected chi connectivity index (χ0v) is 21.6. The van der Waals surface area contributed by atoms with Crippen LogP contribution < -0.4 is 21.1 Å². The lowest BCUT2D eigenvalue weighted by Crippen LogP contribution is -2.50. The Kier molecular flexibility index (Phi) is 8.94. The van der Waals surface area contributed by atoms with Crippen LogP contribution in [0.2, 0.25) is 0 Å². The Morgan fingerprint density at radius 1 is 1.15 bits per heavy atom. The fourth-order valence-corrected chi connectivity index (χ4v) is 4.75. The van der Waals surface area contributed by atoms with Crippen LogP contribution in [0.25, 0.3) is 0 Å². The van der Waals surface area contributed by atoms with Crippen LogP contribution in [0.15, 0.2) is 55.0 Å². The second kappa shape index (κ2) is 12.5. The van der Waals surface area contributed by atoms with E-state index in [9.17, 15) is 23.6 Å². The lowest BCUT2D eigenvalue weighted by Gasteiger charge is -2.19. The minimum atomic E-state index is -1.08. The Hall–Kier alpha value is -4.23. The number of carbonyl (C=O) groups is 4. The van der Waals surface area contributed by atoms with Crippen LogP contribution in [0.5, 0.6) is 11.5 Å². The molecule has 204 valence electrons. The molecule has 3 atom stereocenters. The topological polar surface area (TPSA) is 166 Å². The SMILES string of the molecule is COC(=O)C(Cc1ccc(Oc2ccc(CC3SC(=O)NC3=O)cc2)c(F)c1)NC(=O)C(N)Cc1c[nH]cn1. The van der Waals surface area contributed by atoms with E-state index >= 15 is 0 Å². The van der Waals surface area contributed by atoms with Crippen LogP contribution in [-0.2, 0) is 38.4 Å². The number of hydrogen-bond acceptors (Lipinski definition) is 9. The molecule has 11 nitrogen and oxygen atoms in total. The first-order valence-corrected chi connectivity index (χ1v) is 12.8. The number of thioether (sulfide) groups is 1. The molecule has 1 fully saturated rings. The van der Waals surface area contributed by atoms with Crippen molar-refractivity contribution in [2.45, 2.75) is 36.6 Å². The minimum Gasteiger partial charge on any atom is -0.467 e. The normalized spacial score (nSPS) is 16.3. The van der Waals surface area contributed by atoms with E-state index in [0.717, 1.165) is 17.3 Å². The Labute approximate surface area is 227 Å². The van der Waals surface area contributed by atoms with Gasteiger partial charge in [-0.1, -0.05) is 30.0 Å².